The van der Waals surface area contributed by atoms with Crippen molar-refractivity contribution < 1.29 is 4.79 Å². The van der Waals surface area contributed by atoms with Gasteiger partial charge in [-0.2, -0.15) is 0 Å². The van der Waals surface area contributed by atoms with E-state index >= 15 is 0 Å². The van der Waals surface area contributed by atoms with Crippen LogP contribution in [0.3, 0.4) is 0 Å². The lowest BCUT2D eigenvalue weighted by Gasteiger charge is -2.09. The Balaban J connectivity index is 2.22. The molecule has 114 valence electrons. The third kappa shape index (κ3) is 2.31. The van der Waals surface area contributed by atoms with E-state index in [1.165, 1.54) is 11.3 Å². The van der Waals surface area contributed by atoms with Gasteiger partial charge in [0.25, 0.3) is 11.5 Å². The molecule has 0 saturated carbocycles. The molecule has 0 saturated heterocycles. The third-order valence-corrected chi connectivity index (χ3v) is 5.16. The van der Waals surface area contributed by atoms with Crippen molar-refractivity contribution in [1.82, 2.24) is 9.88 Å². The molecule has 0 aliphatic heterocycles. The van der Waals surface area contributed by atoms with Gasteiger partial charge in [0.15, 0.2) is 0 Å². The van der Waals surface area contributed by atoms with E-state index in [9.17, 15) is 9.59 Å². The quantitative estimate of drug-likeness (QED) is 0.806. The van der Waals surface area contributed by atoms with Crippen molar-refractivity contribution >= 4 is 38.2 Å². The number of para-hydroxylation sites is 1. The smallest absolute Gasteiger partial charge is 0.261 e. The summed E-state index contributed by atoms with van der Waals surface area (Å²) in [5, 5.41) is 4.57. The number of aromatic nitrogens is 1. The lowest BCUT2D eigenvalue weighted by Crippen LogP contribution is -2.31. The van der Waals surface area contributed by atoms with Crippen LogP contribution >= 0.6 is 11.3 Å². The summed E-state index contributed by atoms with van der Waals surface area (Å²) < 4.78 is 2.52. The minimum Gasteiger partial charge on any atom is -0.349 e. The fourth-order valence-corrected chi connectivity index (χ4v) is 3.59. The molecular weight excluding hydrogens is 296 g/mol. The van der Waals surface area contributed by atoms with Gasteiger partial charge in [-0.1, -0.05) is 25.1 Å². The van der Waals surface area contributed by atoms with Gasteiger partial charge in [-0.05, 0) is 25.5 Å². The van der Waals surface area contributed by atoms with Gasteiger partial charge in [-0.15, -0.1) is 11.3 Å². The maximum Gasteiger partial charge on any atom is 0.261 e. The molecule has 1 amide bonds. The minimum atomic E-state index is -0.110. The van der Waals surface area contributed by atoms with E-state index in [0.29, 0.717) is 10.3 Å². The predicted molar refractivity (Wildman–Crippen MR) is 91.8 cm³/mol. The van der Waals surface area contributed by atoms with Crippen LogP contribution in [0.5, 0.6) is 0 Å². The summed E-state index contributed by atoms with van der Waals surface area (Å²) in [7, 11) is 1.76. The number of benzene rings is 1. The number of rotatable bonds is 3. The molecule has 0 radical (unpaired) electrons. The number of aryl methyl sites for hydroxylation is 1. The van der Waals surface area contributed by atoms with Crippen LogP contribution in [-0.4, -0.2) is 16.5 Å². The van der Waals surface area contributed by atoms with Crippen molar-refractivity contribution in [2.24, 2.45) is 7.05 Å². The molecule has 0 bridgehead atoms. The Kier molecular flexibility index (Phi) is 3.74. The number of carbonyl (C=O) groups is 1. The van der Waals surface area contributed by atoms with E-state index in [-0.39, 0.29) is 17.5 Å². The number of fused-ring (bicyclic) bond motifs is 3. The van der Waals surface area contributed by atoms with E-state index in [0.717, 1.165) is 22.0 Å². The largest absolute Gasteiger partial charge is 0.349 e. The number of carbonyl (C=O) groups excluding carboxylic acids is 1. The molecule has 1 aromatic carbocycles. The third-order valence-electron chi connectivity index (χ3n) is 3.99. The average molecular weight is 314 g/mol. The van der Waals surface area contributed by atoms with Gasteiger partial charge in [-0.3, -0.25) is 9.59 Å². The molecule has 0 unspecified atom stereocenters. The summed E-state index contributed by atoms with van der Waals surface area (Å²) in [6, 6.07) is 9.62. The van der Waals surface area contributed by atoms with Crippen LogP contribution in [-0.2, 0) is 7.05 Å². The normalized spacial score (nSPS) is 12.7. The zero-order valence-corrected chi connectivity index (χ0v) is 13.7. The maximum atomic E-state index is 12.5. The molecule has 5 heteroatoms. The van der Waals surface area contributed by atoms with Gasteiger partial charge in [0, 0.05) is 23.2 Å². The second kappa shape index (κ2) is 5.57. The predicted octanol–water partition coefficient (Wildman–Crippen LogP) is 3.28. The zero-order valence-electron chi connectivity index (χ0n) is 12.8. The summed E-state index contributed by atoms with van der Waals surface area (Å²) in [6.07, 6.45) is 0.876. The summed E-state index contributed by atoms with van der Waals surface area (Å²) in [4.78, 5) is 25.4. The molecular formula is C17H18N2O2S. The van der Waals surface area contributed by atoms with E-state index < -0.39 is 0 Å². The minimum absolute atomic E-state index is 0.0625. The van der Waals surface area contributed by atoms with Crippen LogP contribution < -0.4 is 10.9 Å². The van der Waals surface area contributed by atoms with Crippen LogP contribution in [0.2, 0.25) is 0 Å². The molecule has 22 heavy (non-hydrogen) atoms. The number of nitrogens with one attached hydrogen (secondary N) is 1. The van der Waals surface area contributed by atoms with Crippen LogP contribution in [0.1, 0.15) is 29.9 Å². The Labute approximate surface area is 132 Å². The second-order valence-electron chi connectivity index (χ2n) is 5.52. The van der Waals surface area contributed by atoms with Gasteiger partial charge in [0.05, 0.1) is 15.8 Å². The van der Waals surface area contributed by atoms with Crippen LogP contribution in [0, 0.1) is 0 Å². The Bertz CT molecular complexity index is 923. The fraction of sp³-hybridized carbons (Fsp3) is 0.294. The van der Waals surface area contributed by atoms with Crippen molar-refractivity contribution in [3.05, 3.63) is 45.6 Å². The average Bonchev–Trinajstić information content (AvgIpc) is 2.98. The maximum absolute atomic E-state index is 12.5. The summed E-state index contributed by atoms with van der Waals surface area (Å²) >= 11 is 1.38. The molecule has 4 nitrogen and oxygen atoms in total. The molecule has 3 rings (SSSR count). The molecule has 2 aromatic heterocycles. The standard InChI is InChI=1S/C17H18N2O2S/c1-4-10(2)18-16(20)14-9-12-15(22-14)11-7-5-6-8-13(11)19(3)17(12)21/h5-10H,4H2,1-3H3,(H,18,20)/t10-/m1/s1. The Morgan fingerprint density at radius 1 is 1.32 bits per heavy atom. The SMILES string of the molecule is CC[C@@H](C)NC(=O)c1cc2c(=O)n(C)c3ccccc3c2s1. The van der Waals surface area contributed by atoms with E-state index in [1.807, 2.05) is 38.1 Å². The lowest BCUT2D eigenvalue weighted by molar-refractivity contribution is 0.0943. The van der Waals surface area contributed by atoms with Crippen molar-refractivity contribution in [2.75, 3.05) is 0 Å². The van der Waals surface area contributed by atoms with Gasteiger partial charge in [0.1, 0.15) is 0 Å². The van der Waals surface area contributed by atoms with Gasteiger partial charge in [0.2, 0.25) is 0 Å². The highest BCUT2D eigenvalue weighted by Gasteiger charge is 2.16. The number of amides is 1. The van der Waals surface area contributed by atoms with Gasteiger partial charge < -0.3 is 9.88 Å². The molecule has 0 spiro atoms. The van der Waals surface area contributed by atoms with Crippen LogP contribution in [0.15, 0.2) is 35.1 Å². The molecule has 1 N–H and O–H groups in total. The Hall–Kier alpha value is -2.14. The first-order chi connectivity index (χ1) is 10.5. The number of nitrogens with zero attached hydrogens (tertiary/aromatic N) is 1. The van der Waals surface area contributed by atoms with Crippen LogP contribution in [0.4, 0.5) is 0 Å². The van der Waals surface area contributed by atoms with Gasteiger partial charge >= 0.3 is 0 Å². The number of hydrogen-bond donors (Lipinski definition) is 1. The Morgan fingerprint density at radius 2 is 2.05 bits per heavy atom. The van der Waals surface area contributed by atoms with E-state index in [1.54, 1.807) is 17.7 Å². The summed E-state index contributed by atoms with van der Waals surface area (Å²) in [5.74, 6) is -0.110. The molecule has 3 aromatic rings. The molecule has 0 aliphatic rings. The summed E-state index contributed by atoms with van der Waals surface area (Å²) in [5.41, 5.74) is 0.822. The van der Waals surface area contributed by atoms with Crippen molar-refractivity contribution in [3.8, 4) is 0 Å². The first-order valence-electron chi connectivity index (χ1n) is 7.35. The molecule has 0 aliphatic carbocycles. The number of pyridine rings is 1. The van der Waals surface area contributed by atoms with Gasteiger partial charge in [-0.25, -0.2) is 0 Å². The second-order valence-corrected chi connectivity index (χ2v) is 6.57. The van der Waals surface area contributed by atoms with Crippen molar-refractivity contribution in [2.45, 2.75) is 26.3 Å². The van der Waals surface area contributed by atoms with E-state index in [2.05, 4.69) is 5.32 Å². The first kappa shape index (κ1) is 14.8. The lowest BCUT2D eigenvalue weighted by atomic mass is 10.1. The zero-order chi connectivity index (χ0) is 15.9. The van der Waals surface area contributed by atoms with Crippen LogP contribution in [0.25, 0.3) is 21.0 Å². The monoisotopic (exact) mass is 314 g/mol. The van der Waals surface area contributed by atoms with Crippen molar-refractivity contribution in [1.29, 1.82) is 0 Å². The Morgan fingerprint density at radius 3 is 2.77 bits per heavy atom. The number of thiophene rings is 1. The molecule has 2 heterocycles. The van der Waals surface area contributed by atoms with E-state index in [4.69, 9.17) is 0 Å². The molecule has 1 atom stereocenters. The number of hydrogen-bond acceptors (Lipinski definition) is 3. The first-order valence-corrected chi connectivity index (χ1v) is 8.16. The highest BCUT2D eigenvalue weighted by Crippen LogP contribution is 2.30. The fourth-order valence-electron chi connectivity index (χ4n) is 2.51. The summed E-state index contributed by atoms with van der Waals surface area (Å²) in [6.45, 7) is 4.00. The molecule has 0 fully saturated rings. The van der Waals surface area contributed by atoms with Crippen molar-refractivity contribution in [3.63, 3.8) is 0 Å². The topological polar surface area (TPSA) is 51.1 Å². The highest BCUT2D eigenvalue weighted by molar-refractivity contribution is 7.21. The highest BCUT2D eigenvalue weighted by atomic mass is 32.1.